The van der Waals surface area contributed by atoms with E-state index < -0.39 is 0 Å². The van der Waals surface area contributed by atoms with Crippen molar-refractivity contribution >= 4 is 11.6 Å². The third kappa shape index (κ3) is 2.89. The molecule has 0 aromatic carbocycles. The molecule has 0 fully saturated rings. The van der Waals surface area contributed by atoms with Gasteiger partial charge in [-0.05, 0) is 25.6 Å². The van der Waals surface area contributed by atoms with Gasteiger partial charge in [-0.25, -0.2) is 4.98 Å². The molecule has 0 atom stereocenters. The van der Waals surface area contributed by atoms with Crippen LogP contribution in [0.2, 0.25) is 5.15 Å². The maximum atomic E-state index is 5.97. The zero-order chi connectivity index (χ0) is 13.1. The summed E-state index contributed by atoms with van der Waals surface area (Å²) in [5.74, 6) is 0.955. The first-order valence-electron chi connectivity index (χ1n) is 5.83. The van der Waals surface area contributed by atoms with Gasteiger partial charge in [0.1, 0.15) is 11.0 Å². The van der Waals surface area contributed by atoms with E-state index in [1.54, 1.807) is 6.20 Å². The van der Waals surface area contributed by atoms with E-state index in [0.29, 0.717) is 5.15 Å². The van der Waals surface area contributed by atoms with E-state index in [2.05, 4.69) is 34.9 Å². The highest BCUT2D eigenvalue weighted by Crippen LogP contribution is 2.12. The summed E-state index contributed by atoms with van der Waals surface area (Å²) in [5, 5.41) is 0.660. The lowest BCUT2D eigenvalue weighted by Gasteiger charge is -2.17. The molecule has 96 valence electrons. The standard InChI is InChI=1S/C13H17ClN4/c1-10-5-4-6-15-11(10)8-17(2)9-13-16-7-12(14)18(13)3/h4-7H,8-9H2,1-3H3. The first kappa shape index (κ1) is 13.1. The first-order chi connectivity index (χ1) is 8.58. The fraction of sp³-hybridized carbons (Fsp3) is 0.385. The number of halogens is 1. The molecule has 0 N–H and O–H groups in total. The monoisotopic (exact) mass is 264 g/mol. The molecule has 0 saturated heterocycles. The molecule has 18 heavy (non-hydrogen) atoms. The summed E-state index contributed by atoms with van der Waals surface area (Å²) in [7, 11) is 3.97. The molecular weight excluding hydrogens is 248 g/mol. The van der Waals surface area contributed by atoms with E-state index >= 15 is 0 Å². The summed E-state index contributed by atoms with van der Waals surface area (Å²) in [6.07, 6.45) is 3.50. The van der Waals surface area contributed by atoms with Crippen LogP contribution < -0.4 is 0 Å². The Labute approximate surface area is 112 Å². The minimum absolute atomic E-state index is 0.660. The van der Waals surface area contributed by atoms with Gasteiger partial charge < -0.3 is 4.57 Å². The molecule has 5 heteroatoms. The molecule has 0 saturated carbocycles. The fourth-order valence-corrected chi connectivity index (χ4v) is 1.95. The Morgan fingerprint density at radius 1 is 1.33 bits per heavy atom. The Hall–Kier alpha value is -1.39. The number of hydrogen-bond donors (Lipinski definition) is 0. The van der Waals surface area contributed by atoms with Crippen molar-refractivity contribution in [2.24, 2.45) is 7.05 Å². The van der Waals surface area contributed by atoms with E-state index in [-0.39, 0.29) is 0 Å². The van der Waals surface area contributed by atoms with E-state index in [1.807, 2.05) is 23.9 Å². The van der Waals surface area contributed by atoms with Crippen molar-refractivity contribution in [1.29, 1.82) is 0 Å². The molecule has 0 unspecified atom stereocenters. The molecule has 0 aliphatic heterocycles. The van der Waals surface area contributed by atoms with E-state index in [9.17, 15) is 0 Å². The quantitative estimate of drug-likeness (QED) is 0.850. The Morgan fingerprint density at radius 3 is 2.72 bits per heavy atom. The summed E-state index contributed by atoms with van der Waals surface area (Å²) in [6, 6.07) is 4.03. The average molecular weight is 265 g/mol. The highest BCUT2D eigenvalue weighted by molar-refractivity contribution is 6.29. The van der Waals surface area contributed by atoms with Crippen LogP contribution in [0.3, 0.4) is 0 Å². The van der Waals surface area contributed by atoms with Gasteiger partial charge >= 0.3 is 0 Å². The second kappa shape index (κ2) is 5.50. The predicted molar refractivity (Wildman–Crippen MR) is 72.4 cm³/mol. The zero-order valence-electron chi connectivity index (χ0n) is 10.9. The lowest BCUT2D eigenvalue weighted by atomic mass is 10.2. The first-order valence-corrected chi connectivity index (χ1v) is 6.21. The number of pyridine rings is 1. The molecule has 0 spiro atoms. The van der Waals surface area contributed by atoms with Crippen LogP contribution in [0.4, 0.5) is 0 Å². The van der Waals surface area contributed by atoms with Crippen molar-refractivity contribution in [2.75, 3.05) is 7.05 Å². The van der Waals surface area contributed by atoms with Gasteiger partial charge in [0.05, 0.1) is 18.4 Å². The van der Waals surface area contributed by atoms with Gasteiger partial charge in [-0.2, -0.15) is 0 Å². The van der Waals surface area contributed by atoms with Crippen LogP contribution in [-0.4, -0.2) is 26.5 Å². The molecule has 0 radical (unpaired) electrons. The lowest BCUT2D eigenvalue weighted by Crippen LogP contribution is -2.20. The average Bonchev–Trinajstić information content (AvgIpc) is 2.64. The molecule has 0 amide bonds. The van der Waals surface area contributed by atoms with Gasteiger partial charge in [-0.15, -0.1) is 0 Å². The third-order valence-corrected chi connectivity index (χ3v) is 3.33. The maximum Gasteiger partial charge on any atom is 0.128 e. The number of aryl methyl sites for hydroxylation is 1. The van der Waals surface area contributed by atoms with Gasteiger partial charge in [-0.1, -0.05) is 17.7 Å². The molecule has 0 bridgehead atoms. The number of aromatic nitrogens is 3. The van der Waals surface area contributed by atoms with Crippen molar-refractivity contribution in [2.45, 2.75) is 20.0 Å². The third-order valence-electron chi connectivity index (χ3n) is 2.98. The number of nitrogens with zero attached hydrogens (tertiary/aromatic N) is 4. The van der Waals surface area contributed by atoms with Gasteiger partial charge in [0.15, 0.2) is 0 Å². The molecule has 2 heterocycles. The SMILES string of the molecule is Cc1cccnc1CN(C)Cc1ncc(Cl)n1C. The summed E-state index contributed by atoms with van der Waals surface area (Å²) in [6.45, 7) is 3.63. The van der Waals surface area contributed by atoms with Crippen molar-refractivity contribution < 1.29 is 0 Å². The Balaban J connectivity index is 2.03. The largest absolute Gasteiger partial charge is 0.321 e. The highest BCUT2D eigenvalue weighted by Gasteiger charge is 2.09. The molecular formula is C13H17ClN4. The van der Waals surface area contributed by atoms with Crippen LogP contribution in [0.5, 0.6) is 0 Å². The van der Waals surface area contributed by atoms with Crippen LogP contribution >= 0.6 is 11.6 Å². The Bertz CT molecular complexity index is 536. The summed E-state index contributed by atoms with van der Waals surface area (Å²) < 4.78 is 1.89. The minimum atomic E-state index is 0.660. The van der Waals surface area contributed by atoms with Crippen LogP contribution in [0.25, 0.3) is 0 Å². The number of rotatable bonds is 4. The van der Waals surface area contributed by atoms with Gasteiger partial charge in [0, 0.05) is 19.8 Å². The number of hydrogen-bond acceptors (Lipinski definition) is 3. The van der Waals surface area contributed by atoms with E-state index in [0.717, 1.165) is 24.6 Å². The molecule has 0 aliphatic carbocycles. The fourth-order valence-electron chi connectivity index (χ4n) is 1.81. The predicted octanol–water partition coefficient (Wildman–Crippen LogP) is 2.41. The highest BCUT2D eigenvalue weighted by atomic mass is 35.5. The Morgan fingerprint density at radius 2 is 2.11 bits per heavy atom. The second-order valence-corrected chi connectivity index (χ2v) is 4.88. The molecule has 2 rings (SSSR count). The van der Waals surface area contributed by atoms with Crippen molar-refractivity contribution in [3.63, 3.8) is 0 Å². The molecule has 0 aliphatic rings. The second-order valence-electron chi connectivity index (χ2n) is 4.50. The van der Waals surface area contributed by atoms with Crippen LogP contribution in [0.15, 0.2) is 24.5 Å². The maximum absolute atomic E-state index is 5.97. The van der Waals surface area contributed by atoms with Crippen molar-refractivity contribution in [3.05, 3.63) is 46.8 Å². The van der Waals surface area contributed by atoms with Crippen molar-refractivity contribution in [1.82, 2.24) is 19.4 Å². The minimum Gasteiger partial charge on any atom is -0.321 e. The lowest BCUT2D eigenvalue weighted by molar-refractivity contribution is 0.303. The number of imidazole rings is 1. The van der Waals surface area contributed by atoms with Gasteiger partial charge in [0.25, 0.3) is 0 Å². The molecule has 2 aromatic rings. The van der Waals surface area contributed by atoms with Crippen molar-refractivity contribution in [3.8, 4) is 0 Å². The summed E-state index contributed by atoms with van der Waals surface area (Å²) in [4.78, 5) is 10.9. The normalized spacial score (nSPS) is 11.2. The van der Waals surface area contributed by atoms with E-state index in [1.165, 1.54) is 5.56 Å². The van der Waals surface area contributed by atoms with E-state index in [4.69, 9.17) is 11.6 Å². The van der Waals surface area contributed by atoms with Crippen LogP contribution in [0.1, 0.15) is 17.1 Å². The zero-order valence-corrected chi connectivity index (χ0v) is 11.6. The summed E-state index contributed by atoms with van der Waals surface area (Å²) >= 11 is 5.97. The van der Waals surface area contributed by atoms with Gasteiger partial charge in [-0.3, -0.25) is 9.88 Å². The van der Waals surface area contributed by atoms with Crippen LogP contribution in [0, 0.1) is 6.92 Å². The molecule has 2 aromatic heterocycles. The van der Waals surface area contributed by atoms with Gasteiger partial charge in [0.2, 0.25) is 0 Å². The molecule has 4 nitrogen and oxygen atoms in total. The summed E-state index contributed by atoms with van der Waals surface area (Å²) in [5.41, 5.74) is 2.31. The smallest absolute Gasteiger partial charge is 0.128 e. The topological polar surface area (TPSA) is 34.0 Å². The Kier molecular flexibility index (Phi) is 3.99. The van der Waals surface area contributed by atoms with Crippen LogP contribution in [-0.2, 0) is 20.1 Å².